The summed E-state index contributed by atoms with van der Waals surface area (Å²) in [6.07, 6.45) is 2.05. The molecule has 2 rings (SSSR count). The third kappa shape index (κ3) is 5.66. The molecule has 1 aliphatic heterocycles. The van der Waals surface area contributed by atoms with Crippen LogP contribution in [0.1, 0.15) is 26.2 Å². The van der Waals surface area contributed by atoms with E-state index in [4.69, 9.17) is 4.74 Å². The molecule has 0 aliphatic carbocycles. The Balaban J connectivity index is 1.71. The number of nitrogens with one attached hydrogen (secondary N) is 1. The Hall–Kier alpha value is -1.59. The second-order valence-electron chi connectivity index (χ2n) is 5.80. The van der Waals surface area contributed by atoms with Gasteiger partial charge >= 0.3 is 0 Å². The number of amides is 1. The molecule has 1 aromatic carbocycles. The molecule has 2 atom stereocenters. The maximum absolute atomic E-state index is 11.5. The molecule has 1 aliphatic rings. The number of aliphatic hydroxyl groups is 1. The van der Waals surface area contributed by atoms with Crippen LogP contribution in [-0.2, 0) is 4.79 Å². The Morgan fingerprint density at radius 2 is 2.23 bits per heavy atom. The van der Waals surface area contributed by atoms with Crippen molar-refractivity contribution in [3.8, 4) is 5.75 Å². The van der Waals surface area contributed by atoms with E-state index in [2.05, 4.69) is 10.2 Å². The van der Waals surface area contributed by atoms with E-state index in [9.17, 15) is 9.90 Å². The van der Waals surface area contributed by atoms with Crippen molar-refractivity contribution in [1.29, 1.82) is 0 Å². The van der Waals surface area contributed by atoms with Crippen LogP contribution in [0, 0.1) is 0 Å². The number of hydrogen-bond donors (Lipinski definition) is 2. The van der Waals surface area contributed by atoms with Crippen LogP contribution in [0.5, 0.6) is 5.75 Å². The van der Waals surface area contributed by atoms with Gasteiger partial charge in [-0.05, 0) is 31.5 Å². The van der Waals surface area contributed by atoms with Crippen molar-refractivity contribution in [2.45, 2.75) is 38.3 Å². The van der Waals surface area contributed by atoms with Gasteiger partial charge in [0.2, 0.25) is 5.91 Å². The Bertz CT molecular complexity index is 452. The molecule has 1 saturated heterocycles. The predicted molar refractivity (Wildman–Crippen MR) is 85.8 cm³/mol. The summed E-state index contributed by atoms with van der Waals surface area (Å²) in [5, 5.41) is 13.2. The average Bonchev–Trinajstić information content (AvgIpc) is 2.54. The summed E-state index contributed by atoms with van der Waals surface area (Å²) in [6, 6.07) is 9.71. The van der Waals surface area contributed by atoms with Gasteiger partial charge in [0.25, 0.3) is 0 Å². The topological polar surface area (TPSA) is 61.8 Å². The summed E-state index contributed by atoms with van der Waals surface area (Å²) in [5.74, 6) is 0.869. The number of ether oxygens (including phenoxy) is 1. The maximum atomic E-state index is 11.5. The summed E-state index contributed by atoms with van der Waals surface area (Å²) in [7, 11) is 0. The van der Waals surface area contributed by atoms with Gasteiger partial charge in [-0.3, -0.25) is 9.69 Å². The molecule has 1 amide bonds. The number of benzene rings is 1. The van der Waals surface area contributed by atoms with Gasteiger partial charge < -0.3 is 15.2 Å². The Kier molecular flexibility index (Phi) is 6.68. The normalized spacial score (nSPS) is 20.4. The number of carbonyl (C=O) groups is 1. The predicted octanol–water partition coefficient (Wildman–Crippen LogP) is 1.42. The van der Waals surface area contributed by atoms with E-state index in [1.165, 1.54) is 0 Å². The van der Waals surface area contributed by atoms with Crippen molar-refractivity contribution < 1.29 is 14.6 Å². The number of carbonyl (C=O) groups excluding carboxylic acids is 1. The van der Waals surface area contributed by atoms with Crippen LogP contribution in [0.15, 0.2) is 30.3 Å². The van der Waals surface area contributed by atoms with E-state index in [0.29, 0.717) is 13.0 Å². The fourth-order valence-electron chi connectivity index (χ4n) is 2.73. The first-order valence-corrected chi connectivity index (χ1v) is 8.05. The fourth-order valence-corrected chi connectivity index (χ4v) is 2.73. The van der Waals surface area contributed by atoms with Crippen LogP contribution in [0.25, 0.3) is 0 Å². The Labute approximate surface area is 132 Å². The van der Waals surface area contributed by atoms with Crippen molar-refractivity contribution in [3.63, 3.8) is 0 Å². The zero-order valence-corrected chi connectivity index (χ0v) is 13.2. The minimum absolute atomic E-state index is 0.0970. The van der Waals surface area contributed by atoms with Crippen LogP contribution >= 0.6 is 0 Å². The van der Waals surface area contributed by atoms with Gasteiger partial charge in [-0.1, -0.05) is 25.1 Å². The minimum atomic E-state index is -0.527. The van der Waals surface area contributed by atoms with Crippen molar-refractivity contribution in [1.82, 2.24) is 10.2 Å². The van der Waals surface area contributed by atoms with Gasteiger partial charge in [0, 0.05) is 25.6 Å². The summed E-state index contributed by atoms with van der Waals surface area (Å²) in [4.78, 5) is 13.7. The first-order chi connectivity index (χ1) is 10.7. The molecule has 2 N–H and O–H groups in total. The molecule has 0 bridgehead atoms. The highest BCUT2D eigenvalue weighted by Gasteiger charge is 2.22. The van der Waals surface area contributed by atoms with Crippen LogP contribution in [-0.4, -0.2) is 54.3 Å². The summed E-state index contributed by atoms with van der Waals surface area (Å²) >= 11 is 0. The number of likely N-dealkylation sites (tertiary alicyclic amines) is 1. The molecule has 5 nitrogen and oxygen atoms in total. The van der Waals surface area contributed by atoms with Crippen molar-refractivity contribution in [2.24, 2.45) is 0 Å². The van der Waals surface area contributed by atoms with E-state index in [0.717, 1.165) is 31.7 Å². The summed E-state index contributed by atoms with van der Waals surface area (Å²) < 4.78 is 5.57. The number of hydrogen-bond acceptors (Lipinski definition) is 4. The number of β-amino-alcohol motifs (C(OH)–C–C–N with tert-alkyl or cyclic N) is 1. The lowest BCUT2D eigenvalue weighted by Crippen LogP contribution is -2.49. The highest BCUT2D eigenvalue weighted by molar-refractivity contribution is 5.75. The molecule has 0 radical (unpaired) electrons. The molecule has 122 valence electrons. The minimum Gasteiger partial charge on any atom is -0.491 e. The van der Waals surface area contributed by atoms with E-state index in [1.807, 2.05) is 37.3 Å². The summed E-state index contributed by atoms with van der Waals surface area (Å²) in [6.45, 7) is 4.48. The molecule has 1 fully saturated rings. The fraction of sp³-hybridized carbons (Fsp3) is 0.588. The second-order valence-corrected chi connectivity index (χ2v) is 5.80. The van der Waals surface area contributed by atoms with E-state index < -0.39 is 6.10 Å². The van der Waals surface area contributed by atoms with Crippen molar-refractivity contribution >= 4 is 5.91 Å². The standard InChI is InChI=1S/C17H26N2O3/c1-2-17(21)18-14-7-6-10-19(11-14)12-15(20)13-22-16-8-4-3-5-9-16/h3-5,8-9,14-15,20H,2,6-7,10-13H2,1H3,(H,18,21). The monoisotopic (exact) mass is 306 g/mol. The first-order valence-electron chi connectivity index (χ1n) is 8.05. The van der Waals surface area contributed by atoms with Gasteiger partial charge in [-0.2, -0.15) is 0 Å². The van der Waals surface area contributed by atoms with Gasteiger partial charge in [0.1, 0.15) is 18.5 Å². The smallest absolute Gasteiger partial charge is 0.219 e. The number of rotatable bonds is 7. The zero-order valence-electron chi connectivity index (χ0n) is 13.2. The molecular weight excluding hydrogens is 280 g/mol. The zero-order chi connectivity index (χ0) is 15.8. The number of aliphatic hydroxyl groups excluding tert-OH is 1. The largest absolute Gasteiger partial charge is 0.491 e. The van der Waals surface area contributed by atoms with Gasteiger partial charge in [0.05, 0.1) is 0 Å². The van der Waals surface area contributed by atoms with E-state index in [1.54, 1.807) is 0 Å². The highest BCUT2D eigenvalue weighted by Crippen LogP contribution is 2.12. The van der Waals surface area contributed by atoms with Crippen molar-refractivity contribution in [3.05, 3.63) is 30.3 Å². The number of para-hydroxylation sites is 1. The molecule has 0 spiro atoms. The van der Waals surface area contributed by atoms with Crippen LogP contribution in [0.4, 0.5) is 0 Å². The third-order valence-corrected chi connectivity index (χ3v) is 3.85. The lowest BCUT2D eigenvalue weighted by atomic mass is 10.1. The molecule has 0 aromatic heterocycles. The Morgan fingerprint density at radius 3 is 2.95 bits per heavy atom. The number of piperidine rings is 1. The highest BCUT2D eigenvalue weighted by atomic mass is 16.5. The molecule has 1 aromatic rings. The maximum Gasteiger partial charge on any atom is 0.219 e. The molecule has 1 heterocycles. The molecule has 2 unspecified atom stereocenters. The second kappa shape index (κ2) is 8.76. The van der Waals surface area contributed by atoms with E-state index in [-0.39, 0.29) is 18.6 Å². The van der Waals surface area contributed by atoms with Gasteiger partial charge in [-0.15, -0.1) is 0 Å². The Morgan fingerprint density at radius 1 is 1.45 bits per heavy atom. The van der Waals surface area contributed by atoms with Crippen LogP contribution in [0.3, 0.4) is 0 Å². The van der Waals surface area contributed by atoms with Crippen LogP contribution < -0.4 is 10.1 Å². The molecule has 22 heavy (non-hydrogen) atoms. The van der Waals surface area contributed by atoms with Crippen LogP contribution in [0.2, 0.25) is 0 Å². The third-order valence-electron chi connectivity index (χ3n) is 3.85. The van der Waals surface area contributed by atoms with Gasteiger partial charge in [0.15, 0.2) is 0 Å². The lowest BCUT2D eigenvalue weighted by Gasteiger charge is -2.34. The molecule has 5 heteroatoms. The van der Waals surface area contributed by atoms with Crippen molar-refractivity contribution in [2.75, 3.05) is 26.2 Å². The SMILES string of the molecule is CCC(=O)NC1CCCN(CC(O)COc2ccccc2)C1. The molecular formula is C17H26N2O3. The quantitative estimate of drug-likeness (QED) is 0.800. The summed E-state index contributed by atoms with van der Waals surface area (Å²) in [5.41, 5.74) is 0. The lowest BCUT2D eigenvalue weighted by molar-refractivity contribution is -0.121. The molecule has 0 saturated carbocycles. The van der Waals surface area contributed by atoms with E-state index >= 15 is 0 Å². The average molecular weight is 306 g/mol. The number of nitrogens with zero attached hydrogens (tertiary/aromatic N) is 1. The van der Waals surface area contributed by atoms with Gasteiger partial charge in [-0.25, -0.2) is 0 Å². The first kappa shape index (κ1) is 16.8.